The van der Waals surface area contributed by atoms with Crippen LogP contribution in [0.1, 0.15) is 60.3 Å². The van der Waals surface area contributed by atoms with Crippen molar-refractivity contribution in [2.75, 3.05) is 18.0 Å². The first-order valence-electron chi connectivity index (χ1n) is 10.9. The van der Waals surface area contributed by atoms with E-state index < -0.39 is 5.97 Å². The van der Waals surface area contributed by atoms with Crippen molar-refractivity contribution in [3.05, 3.63) is 44.6 Å². The first-order valence-corrected chi connectivity index (χ1v) is 11.7. The number of halogens is 1. The molecule has 0 bridgehead atoms. The Bertz CT molecular complexity index is 1030. The summed E-state index contributed by atoms with van der Waals surface area (Å²) in [4.78, 5) is 24.6. The van der Waals surface area contributed by atoms with Crippen LogP contribution in [0.2, 0.25) is 0 Å². The Labute approximate surface area is 192 Å². The van der Waals surface area contributed by atoms with Crippen molar-refractivity contribution in [3.8, 4) is 0 Å². The number of likely N-dealkylation sites (tertiary alicyclic amines) is 1. The Morgan fingerprint density at radius 1 is 1.16 bits per heavy atom. The molecule has 7 heteroatoms. The predicted octanol–water partition coefficient (Wildman–Crippen LogP) is 5.77. The van der Waals surface area contributed by atoms with Crippen molar-refractivity contribution < 1.29 is 9.90 Å². The number of rotatable bonds is 4. The lowest BCUT2D eigenvalue weighted by Crippen LogP contribution is -2.40. The average Bonchev–Trinajstić information content (AvgIpc) is 2.97. The highest BCUT2D eigenvalue weighted by Gasteiger charge is 2.36. The summed E-state index contributed by atoms with van der Waals surface area (Å²) >= 11 is 3.61. The van der Waals surface area contributed by atoms with E-state index in [1.165, 1.54) is 27.9 Å². The molecule has 1 fully saturated rings. The maximum absolute atomic E-state index is 11.1. The lowest BCUT2D eigenvalue weighted by Gasteiger charge is -2.40. The molecule has 1 saturated heterocycles. The monoisotopic (exact) mass is 486 g/mol. The molecule has 0 saturated carbocycles. The summed E-state index contributed by atoms with van der Waals surface area (Å²) in [6.07, 6.45) is 2.05. The van der Waals surface area contributed by atoms with Crippen molar-refractivity contribution >= 4 is 39.2 Å². The second-order valence-electron chi connectivity index (χ2n) is 8.99. The number of aromatic nitrogens is 1. The van der Waals surface area contributed by atoms with E-state index in [1.807, 2.05) is 0 Å². The fourth-order valence-electron chi connectivity index (χ4n) is 5.11. The zero-order chi connectivity index (χ0) is 22.4. The molecule has 2 N–H and O–H groups in total. The Hall–Kier alpha value is -2.12. The SMILES string of the molecule is CC1=NC(N2CCC(CC(=O)O)CC2)c2c([nH]c(C)c2C)N1c1c(C)cc(Br)cc1C. The molecule has 1 aromatic heterocycles. The summed E-state index contributed by atoms with van der Waals surface area (Å²) in [5, 5.41) is 9.14. The van der Waals surface area contributed by atoms with Crippen molar-refractivity contribution in [2.45, 2.75) is 60.0 Å². The van der Waals surface area contributed by atoms with Gasteiger partial charge in [-0.3, -0.25) is 14.6 Å². The van der Waals surface area contributed by atoms with Crippen LogP contribution in [0.3, 0.4) is 0 Å². The number of nitrogens with one attached hydrogen (secondary N) is 1. The lowest BCUT2D eigenvalue weighted by atomic mass is 9.92. The number of fused-ring (bicyclic) bond motifs is 1. The highest BCUT2D eigenvalue weighted by Crippen LogP contribution is 2.45. The van der Waals surface area contributed by atoms with E-state index in [0.717, 1.165) is 47.8 Å². The first-order chi connectivity index (χ1) is 14.7. The smallest absolute Gasteiger partial charge is 0.303 e. The topological polar surface area (TPSA) is 71.9 Å². The van der Waals surface area contributed by atoms with Crippen LogP contribution >= 0.6 is 15.9 Å². The third-order valence-electron chi connectivity index (χ3n) is 6.78. The van der Waals surface area contributed by atoms with Crippen LogP contribution in [-0.4, -0.2) is 39.9 Å². The minimum absolute atomic E-state index is 0.0296. The van der Waals surface area contributed by atoms with Gasteiger partial charge in [-0.25, -0.2) is 4.99 Å². The third-order valence-corrected chi connectivity index (χ3v) is 7.24. The van der Waals surface area contributed by atoms with Gasteiger partial charge in [0.05, 0.1) is 5.69 Å². The number of hydrogen-bond donors (Lipinski definition) is 2. The van der Waals surface area contributed by atoms with Crippen molar-refractivity contribution in [3.63, 3.8) is 0 Å². The Morgan fingerprint density at radius 3 is 2.35 bits per heavy atom. The number of aryl methyl sites for hydroxylation is 3. The molecule has 0 radical (unpaired) electrons. The van der Waals surface area contributed by atoms with Gasteiger partial charge in [0.15, 0.2) is 0 Å². The van der Waals surface area contributed by atoms with Crippen molar-refractivity contribution in [1.82, 2.24) is 9.88 Å². The Morgan fingerprint density at radius 2 is 1.77 bits per heavy atom. The van der Waals surface area contributed by atoms with Gasteiger partial charge < -0.3 is 10.1 Å². The van der Waals surface area contributed by atoms with Crippen molar-refractivity contribution in [2.24, 2.45) is 10.9 Å². The number of aliphatic carboxylic acids is 1. The summed E-state index contributed by atoms with van der Waals surface area (Å²) in [5.74, 6) is 1.65. The molecule has 2 aliphatic heterocycles. The van der Waals surface area contributed by atoms with Gasteiger partial charge in [-0.15, -0.1) is 0 Å². The molecule has 166 valence electrons. The molecule has 6 nitrogen and oxygen atoms in total. The van der Waals surface area contributed by atoms with Gasteiger partial charge in [0, 0.05) is 35.2 Å². The van der Waals surface area contributed by atoms with E-state index in [9.17, 15) is 4.79 Å². The Balaban J connectivity index is 1.72. The minimum atomic E-state index is -0.694. The summed E-state index contributed by atoms with van der Waals surface area (Å²) in [6, 6.07) is 4.30. The van der Waals surface area contributed by atoms with Gasteiger partial charge in [-0.1, -0.05) is 15.9 Å². The number of nitrogens with zero attached hydrogens (tertiary/aromatic N) is 3. The number of aromatic amines is 1. The van der Waals surface area contributed by atoms with Gasteiger partial charge in [0.25, 0.3) is 0 Å². The molecule has 1 aromatic carbocycles. The third kappa shape index (κ3) is 4.05. The zero-order valence-electron chi connectivity index (χ0n) is 18.9. The van der Waals surface area contributed by atoms with Gasteiger partial charge in [0.1, 0.15) is 17.8 Å². The number of anilines is 2. The Kier molecular flexibility index (Phi) is 6.01. The number of benzene rings is 1. The molecule has 3 heterocycles. The van der Waals surface area contributed by atoms with Crippen LogP contribution < -0.4 is 4.90 Å². The highest BCUT2D eigenvalue weighted by molar-refractivity contribution is 9.10. The summed E-state index contributed by atoms with van der Waals surface area (Å²) < 4.78 is 1.08. The molecule has 2 aliphatic rings. The van der Waals surface area contributed by atoms with E-state index in [1.54, 1.807) is 0 Å². The number of H-pyrrole nitrogens is 1. The number of hydrogen-bond acceptors (Lipinski definition) is 4. The largest absolute Gasteiger partial charge is 0.481 e. The van der Waals surface area contributed by atoms with E-state index >= 15 is 0 Å². The zero-order valence-corrected chi connectivity index (χ0v) is 20.5. The molecular weight excluding hydrogens is 456 g/mol. The number of piperidine rings is 1. The van der Waals surface area contributed by atoms with Crippen LogP contribution in [0.25, 0.3) is 0 Å². The molecule has 0 amide bonds. The molecule has 0 spiro atoms. The molecule has 4 rings (SSSR count). The molecule has 0 aliphatic carbocycles. The maximum Gasteiger partial charge on any atom is 0.303 e. The second-order valence-corrected chi connectivity index (χ2v) is 9.90. The predicted molar refractivity (Wildman–Crippen MR) is 128 cm³/mol. The number of carboxylic acids is 1. The van der Waals surface area contributed by atoms with Crippen LogP contribution in [0, 0.1) is 33.6 Å². The number of aliphatic imine (C=N–C) groups is 1. The number of carbonyl (C=O) groups is 1. The van der Waals surface area contributed by atoms with Gasteiger partial charge in [-0.2, -0.15) is 0 Å². The normalized spacial score (nSPS) is 20.0. The molecule has 31 heavy (non-hydrogen) atoms. The van der Waals surface area contributed by atoms with Crippen LogP contribution in [-0.2, 0) is 4.79 Å². The molecular formula is C24H31BrN4O2. The van der Waals surface area contributed by atoms with Gasteiger partial charge in [0.2, 0.25) is 0 Å². The average molecular weight is 487 g/mol. The summed E-state index contributed by atoms with van der Waals surface area (Å²) in [5.41, 5.74) is 7.22. The van der Waals surface area contributed by atoms with E-state index in [4.69, 9.17) is 10.1 Å². The molecule has 2 aromatic rings. The number of carboxylic acid groups (broad SMARTS) is 1. The van der Waals surface area contributed by atoms with Gasteiger partial charge in [-0.05, 0) is 82.2 Å². The molecule has 1 atom stereocenters. The maximum atomic E-state index is 11.1. The van der Waals surface area contributed by atoms with Crippen molar-refractivity contribution in [1.29, 1.82) is 0 Å². The minimum Gasteiger partial charge on any atom is -0.481 e. The van der Waals surface area contributed by atoms with Crippen LogP contribution in [0.15, 0.2) is 21.6 Å². The van der Waals surface area contributed by atoms with E-state index in [0.29, 0.717) is 0 Å². The fourth-order valence-corrected chi connectivity index (χ4v) is 5.80. The molecule has 1 unspecified atom stereocenters. The van der Waals surface area contributed by atoms with Crippen LogP contribution in [0.4, 0.5) is 11.5 Å². The highest BCUT2D eigenvalue weighted by atomic mass is 79.9. The second kappa shape index (κ2) is 8.43. The van der Waals surface area contributed by atoms with E-state index in [-0.39, 0.29) is 18.5 Å². The van der Waals surface area contributed by atoms with E-state index in [2.05, 4.69) is 77.5 Å². The lowest BCUT2D eigenvalue weighted by molar-refractivity contribution is -0.138. The first kappa shape index (κ1) is 22.1. The van der Waals surface area contributed by atoms with Gasteiger partial charge >= 0.3 is 5.97 Å². The fraction of sp³-hybridized carbons (Fsp3) is 0.500. The summed E-state index contributed by atoms with van der Waals surface area (Å²) in [7, 11) is 0. The van der Waals surface area contributed by atoms with Crippen LogP contribution in [0.5, 0.6) is 0 Å². The number of amidine groups is 1. The standard InChI is InChI=1S/C24H31BrN4O2/c1-13-10-19(25)11-14(2)22(13)29-17(5)27-23(21-15(3)16(4)26-24(21)29)28-8-6-18(7-9-28)12-20(30)31/h10-11,18,23,26H,6-9,12H2,1-5H3,(H,30,31). The summed E-state index contributed by atoms with van der Waals surface area (Å²) in [6.45, 7) is 12.4. The quantitative estimate of drug-likeness (QED) is 0.575.